The highest BCUT2D eigenvalue weighted by atomic mass is 16.2. The first-order valence-electron chi connectivity index (χ1n) is 18.9. The van der Waals surface area contributed by atoms with Crippen molar-refractivity contribution in [2.75, 3.05) is 13.1 Å². The molecule has 12 nitrogen and oxygen atoms in total. The monoisotopic (exact) mass is 746 g/mol. The number of imidazole rings is 2. The average molecular weight is 747 g/mol. The van der Waals surface area contributed by atoms with Gasteiger partial charge in [0.25, 0.3) is 0 Å². The van der Waals surface area contributed by atoms with Gasteiger partial charge in [-0.1, -0.05) is 109 Å². The van der Waals surface area contributed by atoms with E-state index in [0.717, 1.165) is 82.1 Å². The van der Waals surface area contributed by atoms with Gasteiger partial charge >= 0.3 is 0 Å². The van der Waals surface area contributed by atoms with E-state index in [0.29, 0.717) is 25.9 Å². The van der Waals surface area contributed by atoms with Crippen LogP contribution < -0.4 is 10.6 Å². The number of H-pyrrole nitrogens is 2. The molecule has 0 bridgehead atoms. The molecule has 4 aromatic carbocycles. The molecule has 0 spiro atoms. The summed E-state index contributed by atoms with van der Waals surface area (Å²) in [6.07, 6.45) is 8.03. The predicted molar refractivity (Wildman–Crippen MR) is 211 cm³/mol. The summed E-state index contributed by atoms with van der Waals surface area (Å²) in [5.74, 6) is 1.15. The fourth-order valence-electron chi connectivity index (χ4n) is 8.00. The van der Waals surface area contributed by atoms with Gasteiger partial charge in [-0.15, -0.1) is 0 Å². The first-order valence-corrected chi connectivity index (χ1v) is 18.9. The summed E-state index contributed by atoms with van der Waals surface area (Å²) in [5, 5.41) is 5.41. The van der Waals surface area contributed by atoms with Crippen molar-refractivity contribution in [3.05, 3.63) is 144 Å². The van der Waals surface area contributed by atoms with E-state index < -0.39 is 12.1 Å². The third kappa shape index (κ3) is 7.33. The summed E-state index contributed by atoms with van der Waals surface area (Å²) in [7, 11) is 0. The van der Waals surface area contributed by atoms with Crippen LogP contribution >= 0.6 is 0 Å². The van der Waals surface area contributed by atoms with E-state index in [1.54, 1.807) is 0 Å². The van der Waals surface area contributed by atoms with Crippen LogP contribution in [0.4, 0.5) is 0 Å². The number of benzene rings is 4. The zero-order valence-corrected chi connectivity index (χ0v) is 30.7. The Morgan fingerprint density at radius 2 is 0.946 bits per heavy atom. The minimum atomic E-state index is -0.755. The van der Waals surface area contributed by atoms with Crippen LogP contribution in [-0.2, 0) is 19.2 Å². The first kappa shape index (κ1) is 36.2. The molecule has 2 saturated heterocycles. The van der Waals surface area contributed by atoms with E-state index in [1.807, 2.05) is 82.9 Å². The summed E-state index contributed by atoms with van der Waals surface area (Å²) < 4.78 is 0. The Bertz CT molecular complexity index is 2130. The van der Waals surface area contributed by atoms with Crippen LogP contribution in [-0.4, -0.2) is 67.5 Å². The van der Waals surface area contributed by atoms with Crippen LogP contribution in [0.15, 0.2) is 122 Å². The van der Waals surface area contributed by atoms with Gasteiger partial charge in [0.2, 0.25) is 24.6 Å². The predicted octanol–water partition coefficient (Wildman–Crippen LogP) is 6.44. The molecule has 4 amide bonds. The van der Waals surface area contributed by atoms with E-state index in [9.17, 15) is 19.2 Å². The number of aromatic amines is 2. The Kier molecular flexibility index (Phi) is 10.5. The normalized spacial score (nSPS) is 17.6. The number of nitrogens with zero attached hydrogens (tertiary/aromatic N) is 4. The van der Waals surface area contributed by atoms with Gasteiger partial charge in [-0.05, 0) is 59.1 Å². The van der Waals surface area contributed by atoms with E-state index >= 15 is 0 Å². The molecule has 4 atom stereocenters. The number of likely N-dealkylation sites (tertiary alicyclic amines) is 2. The minimum absolute atomic E-state index is 0.151. The fraction of sp³-hybridized carbons (Fsp3) is 0.227. The molecule has 2 aliphatic rings. The van der Waals surface area contributed by atoms with Crippen LogP contribution in [0.3, 0.4) is 0 Å². The first-order chi connectivity index (χ1) is 27.5. The number of hydrogen-bond acceptors (Lipinski definition) is 6. The molecule has 282 valence electrons. The molecule has 2 aromatic heterocycles. The summed E-state index contributed by atoms with van der Waals surface area (Å²) >= 11 is 0. The van der Waals surface area contributed by atoms with Crippen molar-refractivity contribution in [2.45, 2.75) is 49.9 Å². The molecule has 0 aliphatic carbocycles. The number of carbonyl (C=O) groups is 4. The maximum atomic E-state index is 13.7. The van der Waals surface area contributed by atoms with E-state index in [2.05, 4.69) is 79.1 Å². The second kappa shape index (κ2) is 16.3. The maximum absolute atomic E-state index is 13.7. The van der Waals surface area contributed by atoms with Crippen LogP contribution in [0.25, 0.3) is 33.6 Å². The Balaban J connectivity index is 0.927. The van der Waals surface area contributed by atoms with Gasteiger partial charge in [-0.25, -0.2) is 9.97 Å². The Hall–Kier alpha value is -6.82. The molecule has 4 heterocycles. The summed E-state index contributed by atoms with van der Waals surface area (Å²) in [6, 6.07) is 33.2. The zero-order valence-electron chi connectivity index (χ0n) is 30.7. The molecule has 0 radical (unpaired) electrons. The number of hydrogen-bond donors (Lipinski definition) is 4. The van der Waals surface area contributed by atoms with E-state index in [-0.39, 0.29) is 23.9 Å². The van der Waals surface area contributed by atoms with Crippen molar-refractivity contribution < 1.29 is 19.2 Å². The molecule has 12 heteroatoms. The van der Waals surface area contributed by atoms with Crippen molar-refractivity contribution in [3.63, 3.8) is 0 Å². The molecular formula is C44H42N8O4. The lowest BCUT2D eigenvalue weighted by Crippen LogP contribution is -2.40. The number of rotatable bonds is 13. The third-order valence-electron chi connectivity index (χ3n) is 10.8. The highest BCUT2D eigenvalue weighted by Crippen LogP contribution is 2.36. The fourth-order valence-corrected chi connectivity index (χ4v) is 8.00. The van der Waals surface area contributed by atoms with Crippen molar-refractivity contribution in [1.82, 2.24) is 40.4 Å². The SMILES string of the molecule is O=CN[C@@H](C(=O)N1CCCC1c1ncc(-c2ccc(-c3ccc(-c4cnc(C5CCCN5C(=O)[C@H](NC=O)c5ccccc5)[nH]4)cc3)cc2)[nH]1)c1ccccc1. The highest BCUT2D eigenvalue weighted by molar-refractivity contribution is 5.86. The number of amides is 4. The van der Waals surface area contributed by atoms with Gasteiger partial charge in [0, 0.05) is 13.1 Å². The highest BCUT2D eigenvalue weighted by Gasteiger charge is 2.37. The molecule has 2 fully saturated rings. The molecule has 2 aliphatic heterocycles. The topological polar surface area (TPSA) is 156 Å². The lowest BCUT2D eigenvalue weighted by Gasteiger charge is -2.28. The zero-order chi connectivity index (χ0) is 38.4. The molecule has 0 saturated carbocycles. The van der Waals surface area contributed by atoms with Crippen molar-refractivity contribution in [1.29, 1.82) is 0 Å². The molecule has 4 N–H and O–H groups in total. The Labute approximate surface area is 324 Å². The summed E-state index contributed by atoms with van der Waals surface area (Å²) in [4.78, 5) is 70.1. The smallest absolute Gasteiger partial charge is 0.250 e. The summed E-state index contributed by atoms with van der Waals surface area (Å²) in [5.41, 5.74) is 7.28. The minimum Gasteiger partial charge on any atom is -0.343 e. The Morgan fingerprint density at radius 1 is 0.571 bits per heavy atom. The maximum Gasteiger partial charge on any atom is 0.250 e. The van der Waals surface area contributed by atoms with E-state index in [1.165, 1.54) is 0 Å². The van der Waals surface area contributed by atoms with Gasteiger partial charge in [0.05, 0.1) is 35.9 Å². The van der Waals surface area contributed by atoms with Gasteiger partial charge in [0.15, 0.2) is 0 Å². The van der Waals surface area contributed by atoms with Gasteiger partial charge in [-0.2, -0.15) is 0 Å². The van der Waals surface area contributed by atoms with Crippen LogP contribution in [0.2, 0.25) is 0 Å². The number of nitrogens with one attached hydrogen (secondary N) is 4. The van der Waals surface area contributed by atoms with Gasteiger partial charge in [0.1, 0.15) is 23.7 Å². The standard InChI is InChI=1S/C44H42N8O4/c53-27-47-39(33-9-3-1-4-10-33)43(55)51-23-7-13-37(51)41-45-25-35(49-41)31-19-15-29(16-20-31)30-17-21-32(22-18-30)36-26-46-42(50-36)38-14-8-24-52(38)44(56)40(48-28-54)34-11-5-2-6-12-34/h1-6,9-12,15-22,25-28,37-40H,7-8,13-14,23-24H2,(H,45,49)(H,46,50)(H,47,53)(H,48,54)/t37?,38?,39-,40-/m1/s1. The number of aromatic nitrogens is 4. The van der Waals surface area contributed by atoms with Crippen molar-refractivity contribution >= 4 is 24.6 Å². The molecule has 8 rings (SSSR count). The lowest BCUT2D eigenvalue weighted by molar-refractivity contribution is -0.136. The second-order valence-electron chi connectivity index (χ2n) is 14.2. The largest absolute Gasteiger partial charge is 0.343 e. The molecule has 2 unspecified atom stereocenters. The molecule has 56 heavy (non-hydrogen) atoms. The van der Waals surface area contributed by atoms with Crippen molar-refractivity contribution in [3.8, 4) is 33.6 Å². The lowest BCUT2D eigenvalue weighted by atomic mass is 10.0. The second-order valence-corrected chi connectivity index (χ2v) is 14.2. The number of carbonyl (C=O) groups excluding carboxylic acids is 4. The third-order valence-corrected chi connectivity index (χ3v) is 10.8. The van der Waals surface area contributed by atoms with Gasteiger partial charge in [-0.3, -0.25) is 19.2 Å². The van der Waals surface area contributed by atoms with Crippen LogP contribution in [0, 0.1) is 0 Å². The molecular weight excluding hydrogens is 705 g/mol. The molecule has 6 aromatic rings. The van der Waals surface area contributed by atoms with E-state index in [4.69, 9.17) is 0 Å². The van der Waals surface area contributed by atoms with Crippen LogP contribution in [0.1, 0.15) is 72.6 Å². The van der Waals surface area contributed by atoms with Crippen LogP contribution in [0.5, 0.6) is 0 Å². The summed E-state index contributed by atoms with van der Waals surface area (Å²) in [6.45, 7) is 1.19. The quantitative estimate of drug-likeness (QED) is 0.0998. The Morgan fingerprint density at radius 3 is 1.32 bits per heavy atom. The van der Waals surface area contributed by atoms with Crippen molar-refractivity contribution in [2.24, 2.45) is 0 Å². The average Bonchev–Trinajstić information content (AvgIpc) is 4.10. The van der Waals surface area contributed by atoms with Gasteiger partial charge < -0.3 is 30.4 Å².